The van der Waals surface area contributed by atoms with E-state index in [2.05, 4.69) is 21.2 Å². The number of likely N-dealkylation sites (tertiary alicyclic amines) is 1. The minimum Gasteiger partial charge on any atom is -0.329 e. The van der Waals surface area contributed by atoms with Crippen molar-refractivity contribution < 1.29 is 0 Å². The van der Waals surface area contributed by atoms with Crippen LogP contribution in [0, 0.1) is 0 Å². The molecule has 1 atom stereocenters. The second-order valence-corrected chi connectivity index (χ2v) is 7.42. The maximum absolute atomic E-state index is 6.21. The molecular weight excluding hydrogens is 254 g/mol. The number of nitrogens with zero attached hydrogens (tertiary/aromatic N) is 2. The average Bonchev–Trinajstić information content (AvgIpc) is 3.04. The van der Waals surface area contributed by atoms with E-state index in [0.717, 1.165) is 19.1 Å². The molecule has 0 amide bonds. The Morgan fingerprint density at radius 3 is 3.05 bits per heavy atom. The lowest BCUT2D eigenvalue weighted by Gasteiger charge is -2.42. The molecule has 1 saturated heterocycles. The summed E-state index contributed by atoms with van der Waals surface area (Å²) >= 11 is 1.92. The van der Waals surface area contributed by atoms with Crippen molar-refractivity contribution in [3.05, 3.63) is 21.9 Å². The first-order chi connectivity index (χ1) is 9.31. The van der Waals surface area contributed by atoms with Gasteiger partial charge in [0.1, 0.15) is 0 Å². The van der Waals surface area contributed by atoms with Gasteiger partial charge in [-0.2, -0.15) is 0 Å². The molecule has 1 saturated carbocycles. The van der Waals surface area contributed by atoms with Gasteiger partial charge in [0.05, 0.1) is 0 Å². The summed E-state index contributed by atoms with van der Waals surface area (Å²) in [5, 5.41) is 2.24. The molecule has 1 unspecified atom stereocenters. The molecule has 3 heterocycles. The van der Waals surface area contributed by atoms with Crippen molar-refractivity contribution in [2.24, 2.45) is 5.73 Å². The highest BCUT2D eigenvalue weighted by Crippen LogP contribution is 2.38. The molecule has 2 aliphatic heterocycles. The molecule has 1 aromatic rings. The molecule has 4 rings (SSSR count). The first kappa shape index (κ1) is 12.3. The van der Waals surface area contributed by atoms with Gasteiger partial charge in [0.2, 0.25) is 0 Å². The fraction of sp³-hybridized carbons (Fsp3) is 0.733. The Kier molecular flexibility index (Phi) is 2.95. The van der Waals surface area contributed by atoms with Crippen LogP contribution in [0.1, 0.15) is 29.7 Å². The minimum absolute atomic E-state index is 0.252. The number of nitrogens with two attached hydrogens (primary N) is 1. The summed E-state index contributed by atoms with van der Waals surface area (Å²) in [7, 11) is 0. The Morgan fingerprint density at radius 1 is 1.37 bits per heavy atom. The van der Waals surface area contributed by atoms with Gasteiger partial charge in [0, 0.05) is 49.2 Å². The highest BCUT2D eigenvalue weighted by Gasteiger charge is 2.46. The molecule has 1 aliphatic carbocycles. The van der Waals surface area contributed by atoms with Crippen LogP contribution in [0.3, 0.4) is 0 Å². The van der Waals surface area contributed by atoms with Crippen LogP contribution in [0.4, 0.5) is 0 Å². The van der Waals surface area contributed by atoms with E-state index in [0.29, 0.717) is 0 Å². The number of hydrogen-bond donors (Lipinski definition) is 1. The molecule has 104 valence electrons. The third-order valence-electron chi connectivity index (χ3n) is 5.28. The van der Waals surface area contributed by atoms with Crippen LogP contribution in [0.2, 0.25) is 0 Å². The zero-order valence-corrected chi connectivity index (χ0v) is 12.3. The van der Waals surface area contributed by atoms with Gasteiger partial charge >= 0.3 is 0 Å². The lowest BCUT2D eigenvalue weighted by Crippen LogP contribution is -2.56. The molecule has 0 aromatic carbocycles. The standard InChI is InChI=1S/C15H23N3S/c16-10-15(5-7-17(11-15)13-1-2-13)18-6-3-14-12(9-18)4-8-19-14/h4,8,13H,1-3,5-7,9-11,16H2. The molecule has 3 aliphatic rings. The lowest BCUT2D eigenvalue weighted by atomic mass is 9.93. The third-order valence-corrected chi connectivity index (χ3v) is 6.31. The summed E-state index contributed by atoms with van der Waals surface area (Å²) < 4.78 is 0. The van der Waals surface area contributed by atoms with Crippen LogP contribution in [-0.4, -0.2) is 47.6 Å². The monoisotopic (exact) mass is 277 g/mol. The molecule has 2 fully saturated rings. The summed E-state index contributed by atoms with van der Waals surface area (Å²) in [5.74, 6) is 0. The Morgan fingerprint density at radius 2 is 2.26 bits per heavy atom. The first-order valence-electron chi connectivity index (χ1n) is 7.55. The Bertz CT molecular complexity index is 468. The van der Waals surface area contributed by atoms with Crippen molar-refractivity contribution in [1.29, 1.82) is 0 Å². The minimum atomic E-state index is 0.252. The summed E-state index contributed by atoms with van der Waals surface area (Å²) in [6.45, 7) is 5.59. The summed E-state index contributed by atoms with van der Waals surface area (Å²) in [6, 6.07) is 3.19. The van der Waals surface area contributed by atoms with Gasteiger partial charge in [-0.3, -0.25) is 9.80 Å². The number of rotatable bonds is 3. The van der Waals surface area contributed by atoms with E-state index in [4.69, 9.17) is 5.73 Å². The van der Waals surface area contributed by atoms with E-state index in [-0.39, 0.29) is 5.54 Å². The maximum atomic E-state index is 6.21. The second kappa shape index (κ2) is 4.55. The van der Waals surface area contributed by atoms with E-state index in [1.807, 2.05) is 11.3 Å². The molecule has 2 N–H and O–H groups in total. The molecule has 0 radical (unpaired) electrons. The first-order valence-corrected chi connectivity index (χ1v) is 8.43. The van der Waals surface area contributed by atoms with Gasteiger partial charge in [-0.05, 0) is 42.7 Å². The number of fused-ring (bicyclic) bond motifs is 1. The van der Waals surface area contributed by atoms with Crippen molar-refractivity contribution in [2.45, 2.75) is 43.8 Å². The topological polar surface area (TPSA) is 32.5 Å². The van der Waals surface area contributed by atoms with Gasteiger partial charge in [0.25, 0.3) is 0 Å². The third kappa shape index (κ3) is 2.05. The van der Waals surface area contributed by atoms with Crippen molar-refractivity contribution >= 4 is 11.3 Å². The van der Waals surface area contributed by atoms with Crippen molar-refractivity contribution in [2.75, 3.05) is 26.2 Å². The normalized spacial score (nSPS) is 32.7. The summed E-state index contributed by atoms with van der Waals surface area (Å²) in [6.07, 6.45) is 5.31. The summed E-state index contributed by atoms with van der Waals surface area (Å²) in [4.78, 5) is 6.97. The van der Waals surface area contributed by atoms with E-state index in [1.54, 1.807) is 10.4 Å². The van der Waals surface area contributed by atoms with E-state index in [9.17, 15) is 0 Å². The van der Waals surface area contributed by atoms with Crippen LogP contribution in [-0.2, 0) is 13.0 Å². The molecule has 19 heavy (non-hydrogen) atoms. The zero-order chi connectivity index (χ0) is 12.9. The van der Waals surface area contributed by atoms with Crippen LogP contribution in [0.15, 0.2) is 11.4 Å². The fourth-order valence-electron chi connectivity index (χ4n) is 3.85. The predicted octanol–water partition coefficient (Wildman–Crippen LogP) is 1.67. The average molecular weight is 277 g/mol. The van der Waals surface area contributed by atoms with E-state index in [1.165, 1.54) is 45.3 Å². The van der Waals surface area contributed by atoms with Gasteiger partial charge in [-0.15, -0.1) is 11.3 Å². The quantitative estimate of drug-likeness (QED) is 0.912. The van der Waals surface area contributed by atoms with Gasteiger partial charge in [-0.1, -0.05) is 0 Å². The molecular formula is C15H23N3S. The SMILES string of the molecule is NCC1(N2CCc3sccc3C2)CCN(C2CC2)C1. The van der Waals surface area contributed by atoms with Crippen LogP contribution < -0.4 is 5.73 Å². The molecule has 0 spiro atoms. The smallest absolute Gasteiger partial charge is 0.0474 e. The fourth-order valence-corrected chi connectivity index (χ4v) is 4.74. The molecule has 4 heteroatoms. The number of thiophene rings is 1. The molecule has 3 nitrogen and oxygen atoms in total. The Labute approximate surface area is 119 Å². The van der Waals surface area contributed by atoms with E-state index < -0.39 is 0 Å². The maximum Gasteiger partial charge on any atom is 0.0474 e. The van der Waals surface area contributed by atoms with Crippen LogP contribution in [0.25, 0.3) is 0 Å². The predicted molar refractivity (Wildman–Crippen MR) is 79.4 cm³/mol. The van der Waals surface area contributed by atoms with Crippen LogP contribution in [0.5, 0.6) is 0 Å². The Balaban J connectivity index is 1.53. The molecule has 0 bridgehead atoms. The highest BCUT2D eigenvalue weighted by molar-refractivity contribution is 7.10. The van der Waals surface area contributed by atoms with Gasteiger partial charge in [0.15, 0.2) is 0 Å². The van der Waals surface area contributed by atoms with Crippen molar-refractivity contribution in [3.8, 4) is 0 Å². The van der Waals surface area contributed by atoms with Crippen molar-refractivity contribution in [1.82, 2.24) is 9.80 Å². The largest absolute Gasteiger partial charge is 0.329 e. The zero-order valence-electron chi connectivity index (χ0n) is 11.5. The highest BCUT2D eigenvalue weighted by atomic mass is 32.1. The van der Waals surface area contributed by atoms with Crippen LogP contribution >= 0.6 is 11.3 Å². The number of hydrogen-bond acceptors (Lipinski definition) is 4. The van der Waals surface area contributed by atoms with Gasteiger partial charge in [-0.25, -0.2) is 0 Å². The van der Waals surface area contributed by atoms with Gasteiger partial charge < -0.3 is 5.73 Å². The Hall–Kier alpha value is -0.420. The second-order valence-electron chi connectivity index (χ2n) is 6.42. The van der Waals surface area contributed by atoms with Crippen molar-refractivity contribution in [3.63, 3.8) is 0 Å². The summed E-state index contributed by atoms with van der Waals surface area (Å²) in [5.41, 5.74) is 8.01. The van der Waals surface area contributed by atoms with E-state index >= 15 is 0 Å². The molecule has 1 aromatic heterocycles. The lowest BCUT2D eigenvalue weighted by molar-refractivity contribution is 0.0842.